The molecule has 0 bridgehead atoms. The maximum Gasteiger partial charge on any atom is 0.251 e. The first-order valence-electron chi connectivity index (χ1n) is 9.47. The van der Waals surface area contributed by atoms with Gasteiger partial charge >= 0.3 is 0 Å². The number of benzene rings is 1. The standard InChI is InChI=1S/C20H31NO4/c1-5-23-17-12-15(13-18(24-6-2)19(17)25-7-3)20(22)21-16-11-9-8-10-14(16)4/h12-14,16H,5-11H2,1-4H3,(H,21,22)/t14-,16+/m1/s1. The van der Waals surface area contributed by atoms with Gasteiger partial charge in [0.25, 0.3) is 5.91 Å². The van der Waals surface area contributed by atoms with Crippen molar-refractivity contribution in [3.63, 3.8) is 0 Å². The lowest BCUT2D eigenvalue weighted by atomic mass is 9.86. The van der Waals surface area contributed by atoms with E-state index in [0.29, 0.717) is 48.6 Å². The Hall–Kier alpha value is -1.91. The summed E-state index contributed by atoms with van der Waals surface area (Å²) in [5, 5.41) is 3.18. The van der Waals surface area contributed by atoms with Gasteiger partial charge in [0.2, 0.25) is 5.75 Å². The summed E-state index contributed by atoms with van der Waals surface area (Å²) in [6.45, 7) is 9.44. The van der Waals surface area contributed by atoms with Gasteiger partial charge in [0.05, 0.1) is 19.8 Å². The lowest BCUT2D eigenvalue weighted by Crippen LogP contribution is -2.41. The molecule has 0 aliphatic heterocycles. The minimum Gasteiger partial charge on any atom is -0.490 e. The topological polar surface area (TPSA) is 56.8 Å². The van der Waals surface area contributed by atoms with Crippen molar-refractivity contribution in [3.05, 3.63) is 17.7 Å². The van der Waals surface area contributed by atoms with Gasteiger partial charge in [0, 0.05) is 11.6 Å². The molecule has 1 amide bonds. The van der Waals surface area contributed by atoms with E-state index in [-0.39, 0.29) is 11.9 Å². The van der Waals surface area contributed by atoms with Gasteiger partial charge in [0.15, 0.2) is 11.5 Å². The van der Waals surface area contributed by atoms with Crippen molar-refractivity contribution in [2.24, 2.45) is 5.92 Å². The van der Waals surface area contributed by atoms with Crippen LogP contribution in [0.1, 0.15) is 63.7 Å². The summed E-state index contributed by atoms with van der Waals surface area (Å²) in [7, 11) is 0. The van der Waals surface area contributed by atoms with Crippen LogP contribution in [0.25, 0.3) is 0 Å². The van der Waals surface area contributed by atoms with Crippen LogP contribution < -0.4 is 19.5 Å². The Morgan fingerprint density at radius 3 is 2.08 bits per heavy atom. The molecule has 0 unspecified atom stereocenters. The van der Waals surface area contributed by atoms with Crippen LogP contribution in [-0.4, -0.2) is 31.8 Å². The Morgan fingerprint density at radius 1 is 1.00 bits per heavy atom. The Labute approximate surface area is 151 Å². The molecule has 5 nitrogen and oxygen atoms in total. The fourth-order valence-electron chi connectivity index (χ4n) is 3.30. The minimum absolute atomic E-state index is 0.0799. The number of amides is 1. The molecule has 0 radical (unpaired) electrons. The molecule has 0 spiro atoms. The van der Waals surface area contributed by atoms with E-state index in [9.17, 15) is 4.79 Å². The SMILES string of the molecule is CCOc1cc(C(=O)N[C@H]2CCCC[C@H]2C)cc(OCC)c1OCC. The fraction of sp³-hybridized carbons (Fsp3) is 0.650. The normalized spacial score (nSPS) is 20.0. The van der Waals surface area contributed by atoms with Crippen LogP contribution in [0.3, 0.4) is 0 Å². The second kappa shape index (κ2) is 9.54. The number of carbonyl (C=O) groups is 1. The van der Waals surface area contributed by atoms with Gasteiger partial charge in [-0.05, 0) is 51.7 Å². The van der Waals surface area contributed by atoms with E-state index in [1.165, 1.54) is 19.3 Å². The largest absolute Gasteiger partial charge is 0.490 e. The van der Waals surface area contributed by atoms with Gasteiger partial charge in [0.1, 0.15) is 0 Å². The second-order valence-electron chi connectivity index (χ2n) is 6.44. The van der Waals surface area contributed by atoms with Crippen LogP contribution in [-0.2, 0) is 0 Å². The second-order valence-corrected chi connectivity index (χ2v) is 6.44. The molecule has 0 heterocycles. The minimum atomic E-state index is -0.0799. The molecule has 0 saturated heterocycles. The van der Waals surface area contributed by atoms with Gasteiger partial charge < -0.3 is 19.5 Å². The highest BCUT2D eigenvalue weighted by molar-refractivity contribution is 5.95. The van der Waals surface area contributed by atoms with Crippen molar-refractivity contribution in [3.8, 4) is 17.2 Å². The third kappa shape index (κ3) is 5.03. The number of hydrogen-bond acceptors (Lipinski definition) is 4. The first-order valence-corrected chi connectivity index (χ1v) is 9.47. The summed E-state index contributed by atoms with van der Waals surface area (Å²) in [6.07, 6.45) is 4.63. The van der Waals surface area contributed by atoms with Crippen LogP contribution >= 0.6 is 0 Å². The third-order valence-corrected chi connectivity index (χ3v) is 4.60. The van der Waals surface area contributed by atoms with E-state index in [1.54, 1.807) is 12.1 Å². The van der Waals surface area contributed by atoms with E-state index in [0.717, 1.165) is 6.42 Å². The molecule has 5 heteroatoms. The highest BCUT2D eigenvalue weighted by atomic mass is 16.5. The molecular weight excluding hydrogens is 318 g/mol. The predicted molar refractivity (Wildman–Crippen MR) is 98.8 cm³/mol. The molecule has 0 aromatic heterocycles. The van der Waals surface area contributed by atoms with Crippen LogP contribution in [0.2, 0.25) is 0 Å². The van der Waals surface area contributed by atoms with E-state index >= 15 is 0 Å². The Morgan fingerprint density at radius 2 is 1.56 bits per heavy atom. The zero-order valence-corrected chi connectivity index (χ0v) is 15.9. The lowest BCUT2D eigenvalue weighted by Gasteiger charge is -2.29. The van der Waals surface area contributed by atoms with Gasteiger partial charge in [-0.1, -0.05) is 19.8 Å². The van der Waals surface area contributed by atoms with Crippen molar-refractivity contribution >= 4 is 5.91 Å². The molecule has 1 aromatic carbocycles. The molecule has 1 saturated carbocycles. The van der Waals surface area contributed by atoms with Crippen LogP contribution in [0.5, 0.6) is 17.2 Å². The highest BCUT2D eigenvalue weighted by Crippen LogP contribution is 2.39. The smallest absolute Gasteiger partial charge is 0.251 e. The molecule has 1 aliphatic carbocycles. The summed E-state index contributed by atoms with van der Waals surface area (Å²) < 4.78 is 17.1. The average Bonchev–Trinajstić information content (AvgIpc) is 2.60. The van der Waals surface area contributed by atoms with E-state index in [2.05, 4.69) is 12.2 Å². The summed E-state index contributed by atoms with van der Waals surface area (Å²) >= 11 is 0. The maximum absolute atomic E-state index is 12.8. The molecular formula is C20H31NO4. The number of ether oxygens (including phenoxy) is 3. The van der Waals surface area contributed by atoms with Crippen molar-refractivity contribution in [1.29, 1.82) is 0 Å². The zero-order chi connectivity index (χ0) is 18.2. The highest BCUT2D eigenvalue weighted by Gasteiger charge is 2.25. The summed E-state index contributed by atoms with van der Waals surface area (Å²) in [6, 6.07) is 3.73. The van der Waals surface area contributed by atoms with E-state index < -0.39 is 0 Å². The van der Waals surface area contributed by atoms with Crippen molar-refractivity contribution < 1.29 is 19.0 Å². The predicted octanol–water partition coefficient (Wildman–Crippen LogP) is 4.19. The fourth-order valence-corrected chi connectivity index (χ4v) is 3.30. The number of hydrogen-bond donors (Lipinski definition) is 1. The Kier molecular flexibility index (Phi) is 7.41. The molecule has 1 aromatic rings. The monoisotopic (exact) mass is 349 g/mol. The summed E-state index contributed by atoms with van der Waals surface area (Å²) in [4.78, 5) is 12.8. The molecule has 1 N–H and O–H groups in total. The average molecular weight is 349 g/mol. The zero-order valence-electron chi connectivity index (χ0n) is 15.9. The van der Waals surface area contributed by atoms with E-state index in [1.807, 2.05) is 20.8 Å². The molecule has 1 fully saturated rings. The third-order valence-electron chi connectivity index (χ3n) is 4.60. The molecule has 25 heavy (non-hydrogen) atoms. The van der Waals surface area contributed by atoms with Crippen molar-refractivity contribution in [2.75, 3.05) is 19.8 Å². The Balaban J connectivity index is 2.27. The van der Waals surface area contributed by atoms with Crippen molar-refractivity contribution in [1.82, 2.24) is 5.32 Å². The van der Waals surface area contributed by atoms with Crippen LogP contribution in [0.4, 0.5) is 0 Å². The molecule has 140 valence electrons. The number of nitrogens with one attached hydrogen (secondary N) is 1. The van der Waals surface area contributed by atoms with Gasteiger partial charge in [-0.25, -0.2) is 0 Å². The van der Waals surface area contributed by atoms with Crippen LogP contribution in [0, 0.1) is 5.92 Å². The first kappa shape index (κ1) is 19.4. The van der Waals surface area contributed by atoms with Crippen LogP contribution in [0.15, 0.2) is 12.1 Å². The number of carbonyl (C=O) groups excluding carboxylic acids is 1. The maximum atomic E-state index is 12.8. The first-order chi connectivity index (χ1) is 12.1. The van der Waals surface area contributed by atoms with E-state index in [4.69, 9.17) is 14.2 Å². The van der Waals surface area contributed by atoms with Gasteiger partial charge in [-0.3, -0.25) is 4.79 Å². The lowest BCUT2D eigenvalue weighted by molar-refractivity contribution is 0.0909. The molecule has 1 aliphatic rings. The van der Waals surface area contributed by atoms with Gasteiger partial charge in [-0.2, -0.15) is 0 Å². The van der Waals surface area contributed by atoms with Gasteiger partial charge in [-0.15, -0.1) is 0 Å². The molecule has 2 rings (SSSR count). The summed E-state index contributed by atoms with van der Waals surface area (Å²) in [5.74, 6) is 2.10. The number of rotatable bonds is 8. The Bertz CT molecular complexity index is 546. The quantitative estimate of drug-likeness (QED) is 0.764. The van der Waals surface area contributed by atoms with Crippen molar-refractivity contribution in [2.45, 2.75) is 59.4 Å². The molecule has 2 atom stereocenters. The summed E-state index contributed by atoms with van der Waals surface area (Å²) in [5.41, 5.74) is 0.549.